The van der Waals surface area contributed by atoms with Gasteiger partial charge in [0.25, 0.3) is 5.91 Å². The van der Waals surface area contributed by atoms with Crippen molar-refractivity contribution in [2.75, 3.05) is 14.2 Å². The number of carboxylic acids is 1. The van der Waals surface area contributed by atoms with Gasteiger partial charge >= 0.3 is 5.97 Å². The van der Waals surface area contributed by atoms with Gasteiger partial charge in [0.15, 0.2) is 6.10 Å². The standard InChI is InChI=1S/C24H26N2O4/c1-25(24(29)23(30-2)16-8-4-3-5-9-16)17-11-12-18-19(15-22(27)28)20-10-6-7-13-26(20)21(18)14-17/h3-10,13,17,23H,11-12,14-15H2,1-2H3,(H,27,28)/t17-,23?/m1/s1. The van der Waals surface area contributed by atoms with Gasteiger partial charge in [0.1, 0.15) is 0 Å². The van der Waals surface area contributed by atoms with Gasteiger partial charge in [-0.1, -0.05) is 36.4 Å². The second-order valence-electron chi connectivity index (χ2n) is 7.80. The Bertz CT molecular complexity index is 1070. The van der Waals surface area contributed by atoms with Crippen molar-refractivity contribution in [1.82, 2.24) is 9.30 Å². The average Bonchev–Trinajstić information content (AvgIpc) is 3.07. The molecule has 4 rings (SSSR count). The van der Waals surface area contributed by atoms with Gasteiger partial charge in [-0.15, -0.1) is 0 Å². The van der Waals surface area contributed by atoms with E-state index < -0.39 is 12.1 Å². The van der Waals surface area contributed by atoms with Crippen LogP contribution in [0.25, 0.3) is 5.52 Å². The molecule has 0 bridgehead atoms. The van der Waals surface area contributed by atoms with Crippen molar-refractivity contribution in [3.63, 3.8) is 0 Å². The van der Waals surface area contributed by atoms with Crippen LogP contribution in [0, 0.1) is 0 Å². The highest BCUT2D eigenvalue weighted by molar-refractivity contribution is 5.82. The number of hydrogen-bond donors (Lipinski definition) is 1. The summed E-state index contributed by atoms with van der Waals surface area (Å²) in [6, 6.07) is 15.4. The molecular weight excluding hydrogens is 380 g/mol. The predicted molar refractivity (Wildman–Crippen MR) is 114 cm³/mol. The summed E-state index contributed by atoms with van der Waals surface area (Å²) < 4.78 is 7.62. The highest BCUT2D eigenvalue weighted by atomic mass is 16.5. The number of rotatable bonds is 6. The fraction of sp³-hybridized carbons (Fsp3) is 0.333. The van der Waals surface area contributed by atoms with Crippen molar-refractivity contribution >= 4 is 17.4 Å². The molecule has 30 heavy (non-hydrogen) atoms. The summed E-state index contributed by atoms with van der Waals surface area (Å²) in [4.78, 5) is 26.4. The van der Waals surface area contributed by atoms with Crippen molar-refractivity contribution < 1.29 is 19.4 Å². The van der Waals surface area contributed by atoms with E-state index in [0.717, 1.165) is 40.7 Å². The average molecular weight is 406 g/mol. The predicted octanol–water partition coefficient (Wildman–Crippen LogP) is 3.27. The number of aliphatic carboxylic acids is 1. The number of benzene rings is 1. The fourth-order valence-electron chi connectivity index (χ4n) is 4.60. The second kappa shape index (κ2) is 8.32. The molecule has 0 saturated carbocycles. The number of carboxylic acid groups (broad SMARTS) is 1. The van der Waals surface area contributed by atoms with Crippen LogP contribution in [0.3, 0.4) is 0 Å². The number of nitrogens with zero attached hydrogens (tertiary/aromatic N) is 2. The number of hydrogen-bond acceptors (Lipinski definition) is 3. The molecule has 1 amide bonds. The van der Waals surface area contributed by atoms with Crippen molar-refractivity contribution in [2.45, 2.75) is 37.8 Å². The molecule has 2 atom stereocenters. The van der Waals surface area contributed by atoms with Crippen molar-refractivity contribution in [3.05, 3.63) is 77.1 Å². The minimum atomic E-state index is -0.825. The summed E-state index contributed by atoms with van der Waals surface area (Å²) in [5.74, 6) is -0.891. The number of methoxy groups -OCH3 is 1. The molecule has 1 N–H and O–H groups in total. The van der Waals surface area contributed by atoms with E-state index in [1.165, 1.54) is 0 Å². The van der Waals surface area contributed by atoms with Crippen molar-refractivity contribution in [3.8, 4) is 0 Å². The van der Waals surface area contributed by atoms with Crippen LogP contribution in [0.2, 0.25) is 0 Å². The molecular formula is C24H26N2O4. The summed E-state index contributed by atoms with van der Waals surface area (Å²) in [7, 11) is 3.39. The molecule has 0 spiro atoms. The van der Waals surface area contributed by atoms with E-state index in [1.54, 1.807) is 12.0 Å². The van der Waals surface area contributed by atoms with Gasteiger partial charge in [-0.25, -0.2) is 0 Å². The third kappa shape index (κ3) is 3.59. The first-order valence-electron chi connectivity index (χ1n) is 10.2. The third-order valence-electron chi connectivity index (χ3n) is 6.11. The zero-order chi connectivity index (χ0) is 21.3. The van der Waals surface area contributed by atoms with Crippen molar-refractivity contribution in [1.29, 1.82) is 0 Å². The first-order chi connectivity index (χ1) is 14.5. The fourth-order valence-corrected chi connectivity index (χ4v) is 4.60. The molecule has 0 fully saturated rings. The van der Waals surface area contributed by atoms with E-state index >= 15 is 0 Å². The Kier molecular flexibility index (Phi) is 5.59. The number of ether oxygens (including phenoxy) is 1. The zero-order valence-electron chi connectivity index (χ0n) is 17.2. The van der Waals surface area contributed by atoms with Crippen LogP contribution in [0.5, 0.6) is 0 Å². The lowest BCUT2D eigenvalue weighted by molar-refractivity contribution is -0.143. The molecule has 1 aromatic carbocycles. The maximum absolute atomic E-state index is 13.2. The lowest BCUT2D eigenvalue weighted by atomic mass is 9.89. The van der Waals surface area contributed by atoms with Gasteiger partial charge in [-0.2, -0.15) is 0 Å². The Morgan fingerprint density at radius 2 is 1.93 bits per heavy atom. The summed E-state index contributed by atoms with van der Waals surface area (Å²) in [5.41, 5.74) is 4.90. The number of carbonyl (C=O) groups is 2. The van der Waals surface area contributed by atoms with Crippen LogP contribution in [-0.4, -0.2) is 46.5 Å². The van der Waals surface area contributed by atoms with Gasteiger partial charge in [0, 0.05) is 44.0 Å². The van der Waals surface area contributed by atoms with Gasteiger partial charge in [0.05, 0.1) is 6.42 Å². The Morgan fingerprint density at radius 1 is 1.20 bits per heavy atom. The Balaban J connectivity index is 1.62. The van der Waals surface area contributed by atoms with E-state index in [4.69, 9.17) is 4.74 Å². The minimum Gasteiger partial charge on any atom is -0.481 e. The molecule has 2 aromatic heterocycles. The quantitative estimate of drug-likeness (QED) is 0.682. The van der Waals surface area contributed by atoms with Gasteiger partial charge < -0.3 is 19.1 Å². The first kappa shape index (κ1) is 20.2. The summed E-state index contributed by atoms with van der Waals surface area (Å²) in [6.07, 6.45) is 3.60. The normalized spacial score (nSPS) is 16.8. The number of fused-ring (bicyclic) bond motifs is 3. The third-order valence-corrected chi connectivity index (χ3v) is 6.11. The maximum atomic E-state index is 13.2. The highest BCUT2D eigenvalue weighted by Crippen LogP contribution is 2.33. The van der Waals surface area contributed by atoms with Crippen LogP contribution in [0.4, 0.5) is 0 Å². The molecule has 0 radical (unpaired) electrons. The van der Waals surface area contributed by atoms with E-state index in [0.29, 0.717) is 6.42 Å². The van der Waals surface area contributed by atoms with E-state index in [2.05, 4.69) is 4.40 Å². The SMILES string of the molecule is COC(C(=O)N(C)[C@@H]1CCc2c(CC(=O)O)c3ccccn3c2C1)c1ccccc1. The molecule has 6 nitrogen and oxygen atoms in total. The lowest BCUT2D eigenvalue weighted by Gasteiger charge is -2.34. The maximum Gasteiger partial charge on any atom is 0.307 e. The summed E-state index contributed by atoms with van der Waals surface area (Å²) in [5, 5.41) is 9.38. The van der Waals surface area contributed by atoms with Crippen LogP contribution < -0.4 is 0 Å². The molecule has 1 aliphatic carbocycles. The first-order valence-corrected chi connectivity index (χ1v) is 10.2. The van der Waals surface area contributed by atoms with Crippen LogP contribution in [0.15, 0.2) is 54.7 Å². The smallest absolute Gasteiger partial charge is 0.307 e. The summed E-state index contributed by atoms with van der Waals surface area (Å²) >= 11 is 0. The topological polar surface area (TPSA) is 71.2 Å². The number of aromatic nitrogens is 1. The van der Waals surface area contributed by atoms with Gasteiger partial charge in [-0.3, -0.25) is 9.59 Å². The molecule has 3 aromatic rings. The van der Waals surface area contributed by atoms with E-state index in [9.17, 15) is 14.7 Å². The van der Waals surface area contributed by atoms with Crippen molar-refractivity contribution in [2.24, 2.45) is 0 Å². The highest BCUT2D eigenvalue weighted by Gasteiger charge is 2.33. The van der Waals surface area contributed by atoms with E-state index in [1.807, 2.05) is 61.8 Å². The van der Waals surface area contributed by atoms with E-state index in [-0.39, 0.29) is 18.4 Å². The molecule has 1 unspecified atom stereocenters. The van der Waals surface area contributed by atoms with Gasteiger partial charge in [0.2, 0.25) is 0 Å². The lowest BCUT2D eigenvalue weighted by Crippen LogP contribution is -2.43. The number of carbonyl (C=O) groups excluding carboxylic acids is 1. The molecule has 156 valence electrons. The zero-order valence-corrected chi connectivity index (χ0v) is 17.2. The van der Waals surface area contributed by atoms with Crippen LogP contribution in [0.1, 0.15) is 34.9 Å². The Hall–Kier alpha value is -3.12. The van der Waals surface area contributed by atoms with Crippen LogP contribution in [-0.2, 0) is 33.6 Å². The second-order valence-corrected chi connectivity index (χ2v) is 7.80. The molecule has 2 heterocycles. The number of amides is 1. The molecule has 6 heteroatoms. The molecule has 1 aliphatic rings. The number of likely N-dealkylation sites (N-methyl/N-ethyl adjacent to an activating group) is 1. The largest absolute Gasteiger partial charge is 0.481 e. The summed E-state index contributed by atoms with van der Waals surface area (Å²) in [6.45, 7) is 0. The minimum absolute atomic E-state index is 0.0159. The molecule has 0 saturated heterocycles. The molecule has 0 aliphatic heterocycles. The van der Waals surface area contributed by atoms with Gasteiger partial charge in [-0.05, 0) is 41.7 Å². The van der Waals surface area contributed by atoms with Crippen LogP contribution >= 0.6 is 0 Å². The Labute approximate surface area is 175 Å². The number of pyridine rings is 1. The Morgan fingerprint density at radius 3 is 2.63 bits per heavy atom. The monoisotopic (exact) mass is 406 g/mol.